The molecule has 0 bridgehead atoms. The van der Waals surface area contributed by atoms with Gasteiger partial charge in [0.25, 0.3) is 0 Å². The average molecular weight is 846 g/mol. The molecule has 0 N–H and O–H groups in total. The lowest BCUT2D eigenvalue weighted by atomic mass is 9.74. The van der Waals surface area contributed by atoms with Crippen LogP contribution in [0.5, 0.6) is 0 Å². The molecule has 2 aliphatic rings. The van der Waals surface area contributed by atoms with Gasteiger partial charge < -0.3 is 9.32 Å². The maximum Gasteiger partial charge on any atom is 0.180 e. The van der Waals surface area contributed by atoms with Crippen LogP contribution in [0.4, 0.5) is 17.1 Å². The average Bonchev–Trinajstić information content (AvgIpc) is 3.99. The maximum atomic E-state index is 6.51. The Labute approximate surface area is 380 Å². The molecule has 0 spiro atoms. The molecule has 0 radical (unpaired) electrons. The molecule has 1 aliphatic heterocycles. The Hall–Kier alpha value is -7.98. The van der Waals surface area contributed by atoms with E-state index in [9.17, 15) is 0 Å². The smallest absolute Gasteiger partial charge is 0.180 e. The first kappa shape index (κ1) is 37.6. The first-order chi connectivity index (χ1) is 32.1. The molecule has 0 saturated heterocycles. The number of hydrogen-bond donors (Lipinski definition) is 0. The molecule has 3 heteroatoms. The van der Waals surface area contributed by atoms with Gasteiger partial charge in [-0.25, -0.2) is 0 Å². The fraction of sp³-hybridized carbons (Fsp3) is 0.0323. The number of hydrogen-bond acceptors (Lipinski definition) is 2. The molecule has 0 saturated carbocycles. The number of para-hydroxylation sites is 1. The van der Waals surface area contributed by atoms with Crippen molar-refractivity contribution in [2.24, 2.45) is 0 Å². The summed E-state index contributed by atoms with van der Waals surface area (Å²) in [7, 11) is -2.63. The standard InChI is InChI=1S/C62H43NOSi/c1-62(44-18-4-2-5-19-44)56-27-12-8-23-50(56)51-37-35-46(40-57(51)62)63(47-36-38-53-52-24-9-13-28-58(52)64-59(53)41-47)45-33-31-42(32-34-45)43-17-16-22-49(39-43)65(48-20-6-3-7-21-48)60-29-14-10-25-54(60)55-26-11-15-30-61(55)65/h2-41H,1H3. The fourth-order valence-electron chi connectivity index (χ4n) is 11.4. The minimum absolute atomic E-state index is 0.326. The molecular weight excluding hydrogens is 803 g/mol. The van der Waals surface area contributed by atoms with Crippen LogP contribution in [0.1, 0.15) is 23.6 Å². The van der Waals surface area contributed by atoms with Gasteiger partial charge in [-0.05, 0) is 120 Å². The van der Waals surface area contributed by atoms with Gasteiger partial charge in [0.2, 0.25) is 0 Å². The van der Waals surface area contributed by atoms with Crippen molar-refractivity contribution in [3.63, 3.8) is 0 Å². The van der Waals surface area contributed by atoms with Gasteiger partial charge in [0, 0.05) is 39.3 Å². The van der Waals surface area contributed by atoms with Crippen LogP contribution in [0.2, 0.25) is 0 Å². The monoisotopic (exact) mass is 845 g/mol. The number of benzene rings is 10. The largest absolute Gasteiger partial charge is 0.456 e. The molecule has 10 aromatic carbocycles. The Morgan fingerprint density at radius 1 is 0.369 bits per heavy atom. The summed E-state index contributed by atoms with van der Waals surface area (Å²) in [6.07, 6.45) is 0. The Kier molecular flexibility index (Phi) is 8.40. The molecular formula is C62H43NOSi. The van der Waals surface area contributed by atoms with Crippen molar-refractivity contribution in [2.45, 2.75) is 12.3 Å². The predicted octanol–water partition coefficient (Wildman–Crippen LogP) is 13.4. The molecule has 1 aromatic heterocycles. The Morgan fingerprint density at radius 2 is 0.938 bits per heavy atom. The fourth-order valence-corrected chi connectivity index (χ4v) is 16.7. The summed E-state index contributed by atoms with van der Waals surface area (Å²) in [6, 6.07) is 89.9. The van der Waals surface area contributed by atoms with E-state index >= 15 is 0 Å². The van der Waals surface area contributed by atoms with E-state index in [-0.39, 0.29) is 5.41 Å². The van der Waals surface area contributed by atoms with Crippen LogP contribution in [0.3, 0.4) is 0 Å². The van der Waals surface area contributed by atoms with E-state index in [0.717, 1.165) is 39.0 Å². The summed E-state index contributed by atoms with van der Waals surface area (Å²) < 4.78 is 6.51. The molecule has 13 rings (SSSR count). The van der Waals surface area contributed by atoms with Crippen molar-refractivity contribution in [3.8, 4) is 33.4 Å². The molecule has 1 atom stereocenters. The predicted molar refractivity (Wildman–Crippen MR) is 274 cm³/mol. The topological polar surface area (TPSA) is 16.4 Å². The molecule has 11 aromatic rings. The quantitative estimate of drug-likeness (QED) is 0.149. The van der Waals surface area contributed by atoms with Crippen molar-refractivity contribution in [2.75, 3.05) is 4.90 Å². The van der Waals surface area contributed by atoms with Gasteiger partial charge in [0.15, 0.2) is 8.07 Å². The number of fused-ring (bicyclic) bond motifs is 9. The highest BCUT2D eigenvalue weighted by Gasteiger charge is 2.48. The number of nitrogens with zero attached hydrogens (tertiary/aromatic N) is 1. The van der Waals surface area contributed by atoms with Gasteiger partial charge in [-0.1, -0.05) is 194 Å². The molecule has 2 heterocycles. The van der Waals surface area contributed by atoms with Crippen molar-refractivity contribution >= 4 is 67.8 Å². The Morgan fingerprint density at radius 3 is 1.71 bits per heavy atom. The molecule has 0 amide bonds. The van der Waals surface area contributed by atoms with Gasteiger partial charge in [-0.3, -0.25) is 0 Å². The van der Waals surface area contributed by atoms with Crippen molar-refractivity contribution in [3.05, 3.63) is 259 Å². The van der Waals surface area contributed by atoms with Crippen molar-refractivity contribution < 1.29 is 4.42 Å². The zero-order valence-corrected chi connectivity index (χ0v) is 36.9. The van der Waals surface area contributed by atoms with E-state index in [0.29, 0.717) is 0 Å². The lowest BCUT2D eigenvalue weighted by Gasteiger charge is -2.31. The highest BCUT2D eigenvalue weighted by atomic mass is 28.3. The van der Waals surface area contributed by atoms with Crippen molar-refractivity contribution in [1.29, 1.82) is 0 Å². The summed E-state index contributed by atoms with van der Waals surface area (Å²) in [5.41, 5.74) is 16.3. The van der Waals surface area contributed by atoms with Gasteiger partial charge in [-0.15, -0.1) is 0 Å². The highest BCUT2D eigenvalue weighted by Crippen LogP contribution is 2.54. The molecule has 1 unspecified atom stereocenters. The third-order valence-corrected chi connectivity index (χ3v) is 19.3. The second-order valence-corrected chi connectivity index (χ2v) is 21.4. The van der Waals surface area contributed by atoms with Crippen LogP contribution in [-0.4, -0.2) is 8.07 Å². The molecule has 0 fully saturated rings. The molecule has 1 aliphatic carbocycles. The number of furan rings is 1. The Balaban J connectivity index is 0.961. The van der Waals surface area contributed by atoms with Gasteiger partial charge in [0.1, 0.15) is 11.2 Å². The summed E-state index contributed by atoms with van der Waals surface area (Å²) in [5.74, 6) is 0. The number of anilines is 3. The van der Waals surface area contributed by atoms with E-state index in [1.54, 1.807) is 0 Å². The third-order valence-electron chi connectivity index (χ3n) is 14.4. The lowest BCUT2D eigenvalue weighted by molar-refractivity contribution is 0.669. The Bertz CT molecular complexity index is 3580. The zero-order chi connectivity index (χ0) is 43.1. The maximum absolute atomic E-state index is 6.51. The second-order valence-electron chi connectivity index (χ2n) is 17.7. The van der Waals surface area contributed by atoms with Crippen LogP contribution in [0, 0.1) is 0 Å². The summed E-state index contributed by atoms with van der Waals surface area (Å²) in [5, 5.41) is 7.95. The van der Waals surface area contributed by atoms with Crippen LogP contribution in [-0.2, 0) is 5.41 Å². The van der Waals surface area contributed by atoms with Crippen LogP contribution >= 0.6 is 0 Å². The first-order valence-electron chi connectivity index (χ1n) is 22.6. The summed E-state index contributed by atoms with van der Waals surface area (Å²) >= 11 is 0. The van der Waals surface area contributed by atoms with Crippen molar-refractivity contribution in [1.82, 2.24) is 0 Å². The minimum atomic E-state index is -2.63. The van der Waals surface area contributed by atoms with Crippen LogP contribution in [0.15, 0.2) is 247 Å². The first-order valence-corrected chi connectivity index (χ1v) is 24.6. The van der Waals surface area contributed by atoms with E-state index in [2.05, 4.69) is 248 Å². The highest BCUT2D eigenvalue weighted by molar-refractivity contribution is 7.22. The molecule has 306 valence electrons. The van der Waals surface area contributed by atoms with Gasteiger partial charge in [0.05, 0.1) is 0 Å². The van der Waals surface area contributed by atoms with E-state index in [4.69, 9.17) is 4.42 Å². The third kappa shape index (κ3) is 5.52. The lowest BCUT2D eigenvalue weighted by Crippen LogP contribution is -2.72. The SMILES string of the molecule is CC1(c2ccccc2)c2ccccc2-c2ccc(N(c3ccc(-c4cccc([Si]5(c6ccccc6)c6ccccc6-c6ccccc65)c4)cc3)c3ccc4c(c3)oc3ccccc34)cc21. The minimum Gasteiger partial charge on any atom is -0.456 e. The zero-order valence-electron chi connectivity index (χ0n) is 35.9. The van der Waals surface area contributed by atoms with Crippen LogP contribution < -0.4 is 25.6 Å². The van der Waals surface area contributed by atoms with E-state index < -0.39 is 8.07 Å². The van der Waals surface area contributed by atoms with E-state index in [1.807, 2.05) is 6.07 Å². The summed E-state index contributed by atoms with van der Waals surface area (Å²) in [6.45, 7) is 2.39. The van der Waals surface area contributed by atoms with E-state index in [1.165, 1.54) is 70.8 Å². The molecule has 65 heavy (non-hydrogen) atoms. The molecule has 2 nitrogen and oxygen atoms in total. The summed E-state index contributed by atoms with van der Waals surface area (Å²) in [4.78, 5) is 2.39. The number of rotatable bonds is 7. The van der Waals surface area contributed by atoms with Gasteiger partial charge in [-0.2, -0.15) is 0 Å². The van der Waals surface area contributed by atoms with Crippen LogP contribution in [0.25, 0.3) is 55.3 Å². The normalized spacial score (nSPS) is 15.3. The second kappa shape index (κ2) is 14.5. The van der Waals surface area contributed by atoms with Gasteiger partial charge >= 0.3 is 0 Å².